The summed E-state index contributed by atoms with van der Waals surface area (Å²) in [6.45, 7) is 13.0. The van der Waals surface area contributed by atoms with Crippen LogP contribution in [-0.4, -0.2) is 12.6 Å². The maximum Gasteiger partial charge on any atom is 0.0713 e. The predicted molar refractivity (Wildman–Crippen MR) is 82.1 cm³/mol. The van der Waals surface area contributed by atoms with Crippen LogP contribution >= 0.6 is 0 Å². The van der Waals surface area contributed by atoms with Crippen LogP contribution in [0.5, 0.6) is 0 Å². The van der Waals surface area contributed by atoms with Crippen molar-refractivity contribution >= 4 is 0 Å². The van der Waals surface area contributed by atoms with Gasteiger partial charge in [-0.2, -0.15) is 0 Å². The molecule has 1 aromatic carbocycles. The summed E-state index contributed by atoms with van der Waals surface area (Å²) in [5, 5.41) is 3.66. The Kier molecular flexibility index (Phi) is 5.57. The van der Waals surface area contributed by atoms with Crippen LogP contribution in [0, 0.1) is 5.41 Å². The van der Waals surface area contributed by atoms with E-state index in [4.69, 9.17) is 4.74 Å². The van der Waals surface area contributed by atoms with Crippen LogP contribution in [0.4, 0.5) is 0 Å². The van der Waals surface area contributed by atoms with E-state index in [9.17, 15) is 0 Å². The van der Waals surface area contributed by atoms with E-state index in [1.54, 1.807) is 7.11 Å². The number of hydrogen-bond acceptors (Lipinski definition) is 2. The zero-order valence-corrected chi connectivity index (χ0v) is 13.3. The molecule has 1 aromatic rings. The molecule has 1 N–H and O–H groups in total. The highest BCUT2D eigenvalue weighted by Crippen LogP contribution is 2.27. The molecule has 0 heterocycles. The molecule has 19 heavy (non-hydrogen) atoms. The van der Waals surface area contributed by atoms with E-state index in [1.165, 1.54) is 11.1 Å². The quantitative estimate of drug-likeness (QED) is 0.833. The summed E-state index contributed by atoms with van der Waals surface area (Å²) in [7, 11) is 1.73. The van der Waals surface area contributed by atoms with Gasteiger partial charge in [-0.1, -0.05) is 45.0 Å². The Bertz CT molecular complexity index is 390. The molecule has 0 atom stereocenters. The molecule has 0 amide bonds. The van der Waals surface area contributed by atoms with E-state index in [0.717, 1.165) is 13.0 Å². The minimum Gasteiger partial charge on any atom is -0.380 e. The highest BCUT2D eigenvalue weighted by molar-refractivity contribution is 5.23. The maximum atomic E-state index is 5.17. The SMILES string of the molecule is COCc1cccc(CNC(C)(C)CC(C)(C)C)c1. The Morgan fingerprint density at radius 1 is 1.05 bits per heavy atom. The first kappa shape index (κ1) is 16.2. The Morgan fingerprint density at radius 3 is 2.26 bits per heavy atom. The standard InChI is InChI=1S/C17H29NO/c1-16(2,3)13-17(4,5)18-11-14-8-7-9-15(10-14)12-19-6/h7-10,18H,11-13H2,1-6H3. The van der Waals surface area contributed by atoms with Gasteiger partial charge in [-0.3, -0.25) is 0 Å². The molecule has 2 nitrogen and oxygen atoms in total. The smallest absolute Gasteiger partial charge is 0.0713 e. The van der Waals surface area contributed by atoms with E-state index in [-0.39, 0.29) is 5.54 Å². The third kappa shape index (κ3) is 6.74. The largest absolute Gasteiger partial charge is 0.380 e. The summed E-state index contributed by atoms with van der Waals surface area (Å²) in [6.07, 6.45) is 1.15. The van der Waals surface area contributed by atoms with E-state index in [2.05, 4.69) is 64.2 Å². The average Bonchev–Trinajstić information content (AvgIpc) is 2.24. The molecule has 0 saturated carbocycles. The number of benzene rings is 1. The van der Waals surface area contributed by atoms with Gasteiger partial charge in [0.05, 0.1) is 6.61 Å². The first-order valence-corrected chi connectivity index (χ1v) is 7.04. The molecule has 0 radical (unpaired) electrons. The van der Waals surface area contributed by atoms with Crippen LogP contribution in [0.1, 0.15) is 52.2 Å². The predicted octanol–water partition coefficient (Wildman–Crippen LogP) is 4.14. The molecule has 0 aliphatic heterocycles. The molecule has 0 saturated heterocycles. The van der Waals surface area contributed by atoms with E-state index >= 15 is 0 Å². The Hall–Kier alpha value is -0.860. The summed E-state index contributed by atoms with van der Waals surface area (Å²) in [6, 6.07) is 8.58. The third-order valence-electron chi connectivity index (χ3n) is 3.05. The minimum atomic E-state index is 0.148. The van der Waals surface area contributed by atoms with Crippen molar-refractivity contribution in [2.45, 2.75) is 59.7 Å². The van der Waals surface area contributed by atoms with Crippen molar-refractivity contribution < 1.29 is 4.74 Å². The van der Waals surface area contributed by atoms with Gasteiger partial charge in [0.1, 0.15) is 0 Å². The molecule has 0 unspecified atom stereocenters. The molecule has 0 bridgehead atoms. The van der Waals surface area contributed by atoms with Crippen molar-refractivity contribution in [3.8, 4) is 0 Å². The van der Waals surface area contributed by atoms with E-state index in [0.29, 0.717) is 12.0 Å². The number of nitrogens with one attached hydrogen (secondary N) is 1. The van der Waals surface area contributed by atoms with Gasteiger partial charge in [0.15, 0.2) is 0 Å². The maximum absolute atomic E-state index is 5.17. The van der Waals surface area contributed by atoms with Gasteiger partial charge in [-0.15, -0.1) is 0 Å². The van der Waals surface area contributed by atoms with Crippen LogP contribution < -0.4 is 5.32 Å². The van der Waals surface area contributed by atoms with E-state index in [1.807, 2.05) is 0 Å². The highest BCUT2D eigenvalue weighted by Gasteiger charge is 2.24. The lowest BCUT2D eigenvalue weighted by atomic mass is 9.82. The highest BCUT2D eigenvalue weighted by atomic mass is 16.5. The van der Waals surface area contributed by atoms with Crippen LogP contribution in [0.2, 0.25) is 0 Å². The molecule has 0 aliphatic rings. The molecule has 2 heteroatoms. The van der Waals surface area contributed by atoms with Crippen LogP contribution in [0.3, 0.4) is 0 Å². The normalized spacial score (nSPS) is 12.7. The van der Waals surface area contributed by atoms with Crippen molar-refractivity contribution in [3.63, 3.8) is 0 Å². The van der Waals surface area contributed by atoms with Crippen molar-refractivity contribution in [1.82, 2.24) is 5.32 Å². The lowest BCUT2D eigenvalue weighted by Crippen LogP contribution is -2.41. The van der Waals surface area contributed by atoms with Gasteiger partial charge in [-0.05, 0) is 36.8 Å². The van der Waals surface area contributed by atoms with E-state index < -0.39 is 0 Å². The molecule has 0 spiro atoms. The van der Waals surface area contributed by atoms with Crippen molar-refractivity contribution in [2.75, 3.05) is 7.11 Å². The van der Waals surface area contributed by atoms with Crippen LogP contribution in [-0.2, 0) is 17.9 Å². The number of methoxy groups -OCH3 is 1. The molecule has 0 fully saturated rings. The molecular weight excluding hydrogens is 234 g/mol. The average molecular weight is 263 g/mol. The van der Waals surface area contributed by atoms with Gasteiger partial charge in [-0.25, -0.2) is 0 Å². The summed E-state index contributed by atoms with van der Waals surface area (Å²) in [5.41, 5.74) is 3.04. The zero-order chi connectivity index (χ0) is 14.5. The minimum absolute atomic E-state index is 0.148. The molecule has 0 aromatic heterocycles. The van der Waals surface area contributed by atoms with Crippen LogP contribution in [0.25, 0.3) is 0 Å². The molecule has 108 valence electrons. The monoisotopic (exact) mass is 263 g/mol. The fraction of sp³-hybridized carbons (Fsp3) is 0.647. The fourth-order valence-corrected chi connectivity index (χ4v) is 2.73. The molecule has 0 aliphatic carbocycles. The number of rotatable bonds is 6. The number of ether oxygens (including phenoxy) is 1. The first-order chi connectivity index (χ1) is 8.72. The number of hydrogen-bond donors (Lipinski definition) is 1. The second-order valence-corrected chi connectivity index (χ2v) is 7.23. The Morgan fingerprint density at radius 2 is 1.68 bits per heavy atom. The van der Waals surface area contributed by atoms with Gasteiger partial charge in [0.2, 0.25) is 0 Å². The second-order valence-electron chi connectivity index (χ2n) is 7.23. The second kappa shape index (κ2) is 6.53. The summed E-state index contributed by atoms with van der Waals surface area (Å²) in [5.74, 6) is 0. The molecule has 1 rings (SSSR count). The van der Waals surface area contributed by atoms with Crippen molar-refractivity contribution in [3.05, 3.63) is 35.4 Å². The lowest BCUT2D eigenvalue weighted by Gasteiger charge is -2.33. The third-order valence-corrected chi connectivity index (χ3v) is 3.05. The van der Waals surface area contributed by atoms with Gasteiger partial charge < -0.3 is 10.1 Å². The first-order valence-electron chi connectivity index (χ1n) is 7.04. The Balaban J connectivity index is 2.58. The molecular formula is C17H29NO. The topological polar surface area (TPSA) is 21.3 Å². The van der Waals surface area contributed by atoms with Gasteiger partial charge in [0, 0.05) is 19.2 Å². The lowest BCUT2D eigenvalue weighted by molar-refractivity contribution is 0.185. The van der Waals surface area contributed by atoms with Crippen molar-refractivity contribution in [1.29, 1.82) is 0 Å². The van der Waals surface area contributed by atoms with Gasteiger partial charge in [0.25, 0.3) is 0 Å². The Labute approximate surface area is 118 Å². The summed E-state index contributed by atoms with van der Waals surface area (Å²) >= 11 is 0. The summed E-state index contributed by atoms with van der Waals surface area (Å²) < 4.78 is 5.17. The fourth-order valence-electron chi connectivity index (χ4n) is 2.73. The van der Waals surface area contributed by atoms with Crippen LogP contribution in [0.15, 0.2) is 24.3 Å². The zero-order valence-electron chi connectivity index (χ0n) is 13.3. The van der Waals surface area contributed by atoms with Gasteiger partial charge >= 0.3 is 0 Å². The van der Waals surface area contributed by atoms with Crippen molar-refractivity contribution in [2.24, 2.45) is 5.41 Å². The summed E-state index contributed by atoms with van der Waals surface area (Å²) in [4.78, 5) is 0.